The fourth-order valence-electron chi connectivity index (χ4n) is 3.74. The molecule has 0 radical (unpaired) electrons. The molecule has 0 bridgehead atoms. The fourth-order valence-corrected chi connectivity index (χ4v) is 3.74. The van der Waals surface area contributed by atoms with Gasteiger partial charge >= 0.3 is 5.97 Å². The number of nitrogens with one attached hydrogen (secondary N) is 4. The highest BCUT2D eigenvalue weighted by Gasteiger charge is 2.19. The Kier molecular flexibility index (Phi) is 8.22. The quantitative estimate of drug-likeness (QED) is 0.255. The molecule has 2 heterocycles. The Balaban J connectivity index is 1.24. The number of carbonyl (C=O) groups excluding carboxylic acids is 1. The summed E-state index contributed by atoms with van der Waals surface area (Å²) in [6, 6.07) is 11.8. The first-order valence-corrected chi connectivity index (χ1v) is 11.8. The molecule has 1 atom stereocenters. The van der Waals surface area contributed by atoms with Gasteiger partial charge in [0, 0.05) is 32.0 Å². The van der Waals surface area contributed by atoms with Crippen LogP contribution in [0.25, 0.3) is 11.0 Å². The van der Waals surface area contributed by atoms with Crippen LogP contribution in [0.3, 0.4) is 0 Å². The molecule has 5 N–H and O–H groups in total. The number of anilines is 1. The predicted octanol–water partition coefficient (Wildman–Crippen LogP) is 2.30. The Morgan fingerprint density at radius 3 is 2.69 bits per heavy atom. The molecule has 1 aliphatic heterocycles. The van der Waals surface area contributed by atoms with Gasteiger partial charge in [0.2, 0.25) is 11.9 Å². The number of fused-ring (bicyclic) bond motifs is 1. The van der Waals surface area contributed by atoms with Gasteiger partial charge in [-0.15, -0.1) is 0 Å². The van der Waals surface area contributed by atoms with E-state index in [1.807, 2.05) is 12.1 Å². The zero-order chi connectivity index (χ0) is 25.3. The van der Waals surface area contributed by atoms with Crippen molar-refractivity contribution in [1.82, 2.24) is 20.6 Å². The molecule has 1 aliphatic rings. The smallest absolute Gasteiger partial charge is 0.326 e. The van der Waals surface area contributed by atoms with Crippen molar-refractivity contribution in [2.45, 2.75) is 31.7 Å². The predicted molar refractivity (Wildman–Crippen MR) is 136 cm³/mol. The summed E-state index contributed by atoms with van der Waals surface area (Å²) < 4.78 is 10.9. The highest BCUT2D eigenvalue weighted by molar-refractivity contribution is 5.97. The number of ether oxygens (including phenoxy) is 2. The van der Waals surface area contributed by atoms with E-state index in [0.717, 1.165) is 30.6 Å². The van der Waals surface area contributed by atoms with Gasteiger partial charge < -0.3 is 30.2 Å². The number of carbonyl (C=O) groups is 2. The maximum Gasteiger partial charge on any atom is 0.326 e. The summed E-state index contributed by atoms with van der Waals surface area (Å²) in [5, 5.41) is 18.5. The molecule has 11 heteroatoms. The lowest BCUT2D eigenvalue weighted by atomic mass is 10.1. The standard InChI is InChI=1S/C25H30N6O5/c1-35-18-9-10-19-20(15-18)29-25(28-19)30-21(23(33)34)14-16-5-7-17(8-6-16)36-13-2-4-22(32)31-24-26-11-3-12-27-24/h5-10,15,21H,2-4,11-14H2,1H3,(H,33,34)(H2,28,29,30)(H2,26,27,31,32). The molecule has 1 amide bonds. The number of amides is 1. The highest BCUT2D eigenvalue weighted by Crippen LogP contribution is 2.21. The lowest BCUT2D eigenvalue weighted by Crippen LogP contribution is -2.43. The normalized spacial score (nSPS) is 13.9. The maximum atomic E-state index is 12.0. The molecule has 0 fully saturated rings. The number of H-pyrrole nitrogens is 1. The number of hydrogen-bond acceptors (Lipinski definition) is 8. The molecule has 11 nitrogen and oxygen atoms in total. The summed E-state index contributed by atoms with van der Waals surface area (Å²) >= 11 is 0. The summed E-state index contributed by atoms with van der Waals surface area (Å²) in [4.78, 5) is 35.5. The topological polar surface area (TPSA) is 150 Å². The number of hydrogen-bond donors (Lipinski definition) is 5. The molecule has 0 aliphatic carbocycles. The molecule has 0 spiro atoms. The second kappa shape index (κ2) is 11.9. The number of aromatic amines is 1. The number of methoxy groups -OCH3 is 1. The third-order valence-electron chi connectivity index (χ3n) is 5.63. The Bertz CT molecular complexity index is 1220. The minimum atomic E-state index is -0.985. The third kappa shape index (κ3) is 6.87. The Labute approximate surface area is 208 Å². The molecule has 0 saturated carbocycles. The zero-order valence-corrected chi connectivity index (χ0v) is 20.0. The second-order valence-corrected chi connectivity index (χ2v) is 8.36. The van der Waals surface area contributed by atoms with Crippen molar-refractivity contribution < 1.29 is 24.2 Å². The second-order valence-electron chi connectivity index (χ2n) is 8.36. The summed E-state index contributed by atoms with van der Waals surface area (Å²) in [7, 11) is 1.58. The molecule has 0 saturated heterocycles. The lowest BCUT2D eigenvalue weighted by Gasteiger charge is -2.15. The van der Waals surface area contributed by atoms with Crippen LogP contribution < -0.4 is 25.4 Å². The summed E-state index contributed by atoms with van der Waals surface area (Å²) in [5.41, 5.74) is 2.29. The summed E-state index contributed by atoms with van der Waals surface area (Å²) in [6.45, 7) is 1.93. The number of aliphatic carboxylic acids is 1. The Hall–Kier alpha value is -4.28. The maximum absolute atomic E-state index is 12.0. The summed E-state index contributed by atoms with van der Waals surface area (Å²) in [6.07, 6.45) is 2.12. The molecular weight excluding hydrogens is 464 g/mol. The average Bonchev–Trinajstić information content (AvgIpc) is 3.29. The molecule has 1 unspecified atom stereocenters. The van der Waals surface area contributed by atoms with Gasteiger partial charge in [-0.2, -0.15) is 0 Å². The van der Waals surface area contributed by atoms with Crippen LogP contribution in [0, 0.1) is 0 Å². The minimum absolute atomic E-state index is 0.0992. The number of carboxylic acid groups (broad SMARTS) is 1. The number of guanidine groups is 1. The SMILES string of the molecule is COc1ccc2nc(NC(Cc3ccc(OCCCC(=O)NC4=NCCCN4)cc3)C(=O)O)[nH]c2c1. The van der Waals surface area contributed by atoms with E-state index in [4.69, 9.17) is 9.47 Å². The Morgan fingerprint density at radius 2 is 1.97 bits per heavy atom. The number of benzene rings is 2. The van der Waals surface area contributed by atoms with E-state index in [-0.39, 0.29) is 12.3 Å². The molecule has 1 aromatic heterocycles. The van der Waals surface area contributed by atoms with Crippen molar-refractivity contribution in [3.8, 4) is 11.5 Å². The van der Waals surface area contributed by atoms with Gasteiger partial charge in [0.25, 0.3) is 0 Å². The van der Waals surface area contributed by atoms with Crippen LogP contribution in [-0.2, 0) is 16.0 Å². The first kappa shape index (κ1) is 24.8. The lowest BCUT2D eigenvalue weighted by molar-refractivity contribution is -0.137. The van der Waals surface area contributed by atoms with E-state index in [0.29, 0.717) is 48.4 Å². The van der Waals surface area contributed by atoms with Crippen molar-refractivity contribution >= 4 is 34.8 Å². The van der Waals surface area contributed by atoms with Crippen molar-refractivity contribution in [3.05, 3.63) is 48.0 Å². The van der Waals surface area contributed by atoms with E-state index in [9.17, 15) is 14.7 Å². The molecule has 2 aromatic carbocycles. The third-order valence-corrected chi connectivity index (χ3v) is 5.63. The number of imidazole rings is 1. The Morgan fingerprint density at radius 1 is 1.17 bits per heavy atom. The highest BCUT2D eigenvalue weighted by atomic mass is 16.5. The van der Waals surface area contributed by atoms with Crippen LogP contribution in [-0.4, -0.2) is 65.8 Å². The largest absolute Gasteiger partial charge is 0.497 e. The van der Waals surface area contributed by atoms with E-state index in [1.54, 1.807) is 37.4 Å². The van der Waals surface area contributed by atoms with Crippen LogP contribution >= 0.6 is 0 Å². The average molecular weight is 495 g/mol. The molecule has 36 heavy (non-hydrogen) atoms. The van der Waals surface area contributed by atoms with Crippen molar-refractivity contribution in [2.75, 3.05) is 32.1 Å². The van der Waals surface area contributed by atoms with Gasteiger partial charge in [-0.1, -0.05) is 12.1 Å². The number of nitrogens with zero attached hydrogens (tertiary/aromatic N) is 2. The number of rotatable bonds is 11. The summed E-state index contributed by atoms with van der Waals surface area (Å²) in [5.74, 6) is 1.17. The van der Waals surface area contributed by atoms with Gasteiger partial charge in [0.15, 0.2) is 5.96 Å². The van der Waals surface area contributed by atoms with Gasteiger partial charge in [0.1, 0.15) is 17.5 Å². The number of aliphatic imine (C=N–C) groups is 1. The first-order valence-electron chi connectivity index (χ1n) is 11.8. The van der Waals surface area contributed by atoms with Gasteiger partial charge in [0.05, 0.1) is 24.8 Å². The van der Waals surface area contributed by atoms with Crippen LogP contribution in [0.15, 0.2) is 47.5 Å². The minimum Gasteiger partial charge on any atom is -0.497 e. The van der Waals surface area contributed by atoms with E-state index < -0.39 is 12.0 Å². The first-order chi connectivity index (χ1) is 17.5. The van der Waals surface area contributed by atoms with Crippen molar-refractivity contribution in [3.63, 3.8) is 0 Å². The molecule has 4 rings (SSSR count). The number of aromatic nitrogens is 2. The van der Waals surface area contributed by atoms with Crippen LogP contribution in [0.5, 0.6) is 11.5 Å². The fraction of sp³-hybridized carbons (Fsp3) is 0.360. The molecular formula is C25H30N6O5. The van der Waals surface area contributed by atoms with Gasteiger partial charge in [-0.3, -0.25) is 15.1 Å². The monoisotopic (exact) mass is 494 g/mol. The van der Waals surface area contributed by atoms with Gasteiger partial charge in [-0.05, 0) is 42.7 Å². The van der Waals surface area contributed by atoms with Crippen LogP contribution in [0.2, 0.25) is 0 Å². The van der Waals surface area contributed by atoms with Crippen molar-refractivity contribution in [1.29, 1.82) is 0 Å². The van der Waals surface area contributed by atoms with Crippen LogP contribution in [0.1, 0.15) is 24.8 Å². The van der Waals surface area contributed by atoms with E-state index in [1.165, 1.54) is 0 Å². The van der Waals surface area contributed by atoms with Crippen LogP contribution in [0.4, 0.5) is 5.95 Å². The number of carboxylic acids is 1. The molecule has 3 aromatic rings. The van der Waals surface area contributed by atoms with Crippen molar-refractivity contribution in [2.24, 2.45) is 4.99 Å². The van der Waals surface area contributed by atoms with E-state index >= 15 is 0 Å². The zero-order valence-electron chi connectivity index (χ0n) is 20.0. The van der Waals surface area contributed by atoms with Gasteiger partial charge in [-0.25, -0.2) is 9.78 Å². The molecule has 190 valence electrons. The van der Waals surface area contributed by atoms with E-state index in [2.05, 4.69) is 30.9 Å².